The van der Waals surface area contributed by atoms with Gasteiger partial charge in [-0.25, -0.2) is 9.97 Å². The number of hydrogen-bond acceptors (Lipinski definition) is 5. The van der Waals surface area contributed by atoms with E-state index in [1.807, 2.05) is 12.1 Å². The number of nitrogens with one attached hydrogen (secondary N) is 1. The van der Waals surface area contributed by atoms with Crippen molar-refractivity contribution in [3.05, 3.63) is 50.3 Å². The molecule has 0 fully saturated rings. The van der Waals surface area contributed by atoms with Crippen molar-refractivity contribution in [2.45, 2.75) is 0 Å². The molecule has 0 saturated heterocycles. The summed E-state index contributed by atoms with van der Waals surface area (Å²) < 4.78 is 0.949. The molecule has 0 bridgehead atoms. The monoisotopic (exact) mass is 342 g/mol. The molecule has 0 radical (unpaired) electrons. The largest absolute Gasteiger partial charge is 0.324 e. The number of aromatic nitrogens is 2. The van der Waals surface area contributed by atoms with Crippen molar-refractivity contribution in [2.24, 2.45) is 0 Å². The second-order valence-electron chi connectivity index (χ2n) is 3.12. The van der Waals surface area contributed by atoms with Crippen molar-refractivity contribution in [3.8, 4) is 0 Å². The first-order valence-electron chi connectivity index (χ1n) is 4.65. The van der Waals surface area contributed by atoms with E-state index in [4.69, 9.17) is 0 Å². The summed E-state index contributed by atoms with van der Waals surface area (Å²) in [5.41, 5.74) is -0.0359. The van der Waals surface area contributed by atoms with E-state index in [1.165, 1.54) is 12.3 Å². The molecule has 0 aliphatic carbocycles. The predicted octanol–water partition coefficient (Wildman–Crippen LogP) is 2.73. The molecule has 7 heteroatoms. The van der Waals surface area contributed by atoms with Gasteiger partial charge in [0.1, 0.15) is 17.8 Å². The maximum atomic E-state index is 10.5. The Balaban J connectivity index is 2.20. The topological polar surface area (TPSA) is 81.0 Å². The van der Waals surface area contributed by atoms with E-state index in [0.29, 0.717) is 11.6 Å². The number of hydrogen-bond donors (Lipinski definition) is 1. The molecule has 6 nitrogen and oxygen atoms in total. The van der Waals surface area contributed by atoms with E-state index >= 15 is 0 Å². The van der Waals surface area contributed by atoms with Gasteiger partial charge in [-0.3, -0.25) is 10.1 Å². The van der Waals surface area contributed by atoms with E-state index in [1.54, 1.807) is 12.3 Å². The second-order valence-corrected chi connectivity index (χ2v) is 4.28. The van der Waals surface area contributed by atoms with Crippen LogP contribution >= 0.6 is 22.6 Å². The van der Waals surface area contributed by atoms with E-state index in [9.17, 15) is 10.1 Å². The lowest BCUT2D eigenvalue weighted by Crippen LogP contribution is -1.98. The average molecular weight is 342 g/mol. The van der Waals surface area contributed by atoms with Crippen LogP contribution in [0.3, 0.4) is 0 Å². The first kappa shape index (κ1) is 11.7. The van der Waals surface area contributed by atoms with Gasteiger partial charge in [0.15, 0.2) is 0 Å². The quantitative estimate of drug-likeness (QED) is 0.527. The smallest absolute Gasteiger partial charge is 0.287 e. The molecule has 2 rings (SSSR count). The molecule has 2 aromatic rings. The minimum atomic E-state index is -0.485. The van der Waals surface area contributed by atoms with Crippen LogP contribution in [-0.4, -0.2) is 14.9 Å². The highest BCUT2D eigenvalue weighted by atomic mass is 127. The second kappa shape index (κ2) is 5.04. The summed E-state index contributed by atoms with van der Waals surface area (Å²) >= 11 is 2.14. The molecule has 86 valence electrons. The molecule has 0 aromatic carbocycles. The van der Waals surface area contributed by atoms with Gasteiger partial charge in [0.05, 0.1) is 8.49 Å². The highest BCUT2D eigenvalue weighted by molar-refractivity contribution is 14.1. The summed E-state index contributed by atoms with van der Waals surface area (Å²) in [6, 6.07) is 6.67. The molecule has 2 aromatic heterocycles. The fourth-order valence-electron chi connectivity index (χ4n) is 1.17. The number of halogens is 1. The number of anilines is 2. The molecule has 0 saturated carbocycles. The predicted molar refractivity (Wildman–Crippen MR) is 71.1 cm³/mol. The Kier molecular flexibility index (Phi) is 3.47. The molecule has 0 spiro atoms. The summed E-state index contributed by atoms with van der Waals surface area (Å²) in [6.45, 7) is 0. The summed E-state index contributed by atoms with van der Waals surface area (Å²) in [4.78, 5) is 18.1. The third-order valence-corrected chi connectivity index (χ3v) is 2.83. The zero-order valence-corrected chi connectivity index (χ0v) is 10.7. The van der Waals surface area contributed by atoms with Gasteiger partial charge < -0.3 is 5.32 Å². The zero-order valence-electron chi connectivity index (χ0n) is 8.50. The fraction of sp³-hybridized carbons (Fsp3) is 0. The Bertz CT molecular complexity index is 544. The van der Waals surface area contributed by atoms with Crippen LogP contribution in [0, 0.1) is 13.7 Å². The van der Waals surface area contributed by atoms with E-state index in [0.717, 1.165) is 3.57 Å². The Morgan fingerprint density at radius 3 is 2.71 bits per heavy atom. The molecule has 17 heavy (non-hydrogen) atoms. The minimum absolute atomic E-state index is 0.0359. The highest BCUT2D eigenvalue weighted by Gasteiger charge is 2.06. The van der Waals surface area contributed by atoms with Crippen LogP contribution in [0.25, 0.3) is 0 Å². The SMILES string of the molecule is O=[N+]([O-])c1ccc(Nc2ncccc2I)nc1. The van der Waals surface area contributed by atoms with Crippen molar-refractivity contribution in [2.75, 3.05) is 5.32 Å². The van der Waals surface area contributed by atoms with Crippen molar-refractivity contribution < 1.29 is 4.92 Å². The van der Waals surface area contributed by atoms with Crippen LogP contribution in [0.4, 0.5) is 17.3 Å². The van der Waals surface area contributed by atoms with Gasteiger partial charge in [0.2, 0.25) is 0 Å². The fourth-order valence-corrected chi connectivity index (χ4v) is 1.65. The lowest BCUT2D eigenvalue weighted by molar-refractivity contribution is -0.385. The van der Waals surface area contributed by atoms with Crippen molar-refractivity contribution in [1.82, 2.24) is 9.97 Å². The van der Waals surface area contributed by atoms with E-state index in [2.05, 4.69) is 37.9 Å². The Labute approximate surface area is 110 Å². The molecule has 0 atom stereocenters. The van der Waals surface area contributed by atoms with Gasteiger partial charge in [-0.15, -0.1) is 0 Å². The number of pyridine rings is 2. The van der Waals surface area contributed by atoms with Crippen molar-refractivity contribution in [1.29, 1.82) is 0 Å². The normalized spacial score (nSPS) is 9.94. The molecular formula is C10H7IN4O2. The van der Waals surface area contributed by atoms with Gasteiger partial charge in [0.25, 0.3) is 5.69 Å². The van der Waals surface area contributed by atoms with E-state index in [-0.39, 0.29) is 5.69 Å². The van der Waals surface area contributed by atoms with Crippen LogP contribution < -0.4 is 5.32 Å². The first-order chi connectivity index (χ1) is 8.16. The summed E-state index contributed by atoms with van der Waals surface area (Å²) in [5, 5.41) is 13.4. The maximum Gasteiger partial charge on any atom is 0.287 e. The third kappa shape index (κ3) is 2.87. The van der Waals surface area contributed by atoms with Crippen LogP contribution in [0.15, 0.2) is 36.7 Å². The van der Waals surface area contributed by atoms with Crippen molar-refractivity contribution >= 4 is 39.9 Å². The van der Waals surface area contributed by atoms with Gasteiger partial charge >= 0.3 is 0 Å². The summed E-state index contributed by atoms with van der Waals surface area (Å²) in [7, 11) is 0. The molecule has 0 aliphatic rings. The van der Waals surface area contributed by atoms with Crippen LogP contribution in [0.2, 0.25) is 0 Å². The summed E-state index contributed by atoms with van der Waals surface area (Å²) in [5.74, 6) is 1.20. The van der Waals surface area contributed by atoms with Gasteiger partial charge in [0, 0.05) is 12.3 Å². The van der Waals surface area contributed by atoms with Crippen molar-refractivity contribution in [3.63, 3.8) is 0 Å². The third-order valence-electron chi connectivity index (χ3n) is 1.96. The first-order valence-corrected chi connectivity index (χ1v) is 5.72. The van der Waals surface area contributed by atoms with E-state index < -0.39 is 4.92 Å². The molecule has 0 amide bonds. The molecule has 0 aliphatic heterocycles. The lowest BCUT2D eigenvalue weighted by Gasteiger charge is -2.05. The number of nitro groups is 1. The standard InChI is InChI=1S/C10H7IN4O2/c11-8-2-1-5-12-10(8)14-9-4-3-7(6-13-9)15(16)17/h1-6H,(H,12,13,14). The minimum Gasteiger partial charge on any atom is -0.324 e. The Morgan fingerprint density at radius 2 is 2.12 bits per heavy atom. The zero-order chi connectivity index (χ0) is 12.3. The highest BCUT2D eigenvalue weighted by Crippen LogP contribution is 2.19. The molecule has 0 unspecified atom stereocenters. The Morgan fingerprint density at radius 1 is 1.29 bits per heavy atom. The van der Waals surface area contributed by atoms with Gasteiger partial charge in [-0.05, 0) is 40.8 Å². The molecular weight excluding hydrogens is 335 g/mol. The molecule has 2 heterocycles. The van der Waals surface area contributed by atoms with Gasteiger partial charge in [-0.1, -0.05) is 0 Å². The number of rotatable bonds is 3. The average Bonchev–Trinajstić information content (AvgIpc) is 2.33. The van der Waals surface area contributed by atoms with Crippen LogP contribution in [0.1, 0.15) is 0 Å². The molecule has 1 N–H and O–H groups in total. The maximum absolute atomic E-state index is 10.5. The van der Waals surface area contributed by atoms with Gasteiger partial charge in [-0.2, -0.15) is 0 Å². The lowest BCUT2D eigenvalue weighted by atomic mass is 10.4. The summed E-state index contributed by atoms with van der Waals surface area (Å²) in [6.07, 6.45) is 2.87. The van der Waals surface area contributed by atoms with Crippen LogP contribution in [0.5, 0.6) is 0 Å². The van der Waals surface area contributed by atoms with Crippen LogP contribution in [-0.2, 0) is 0 Å². The Hall–Kier alpha value is -1.77. The number of nitrogens with zero attached hydrogens (tertiary/aromatic N) is 3.